The highest BCUT2D eigenvalue weighted by Gasteiger charge is 2.29. The lowest BCUT2D eigenvalue weighted by Crippen LogP contribution is -2.45. The lowest BCUT2D eigenvalue weighted by molar-refractivity contribution is -0.116. The van der Waals surface area contributed by atoms with Crippen molar-refractivity contribution < 1.29 is 17.6 Å². The zero-order chi connectivity index (χ0) is 17.9. The summed E-state index contributed by atoms with van der Waals surface area (Å²) in [6.45, 7) is 3.33. The van der Waals surface area contributed by atoms with Crippen LogP contribution >= 0.6 is 0 Å². The molecule has 128 valence electrons. The van der Waals surface area contributed by atoms with Gasteiger partial charge in [0.2, 0.25) is 15.9 Å². The maximum atomic E-state index is 13.1. The van der Waals surface area contributed by atoms with Crippen molar-refractivity contribution in [2.24, 2.45) is 0 Å². The standard InChI is InChI=1S/C17H19FN2O3S/c1-12-6-4-5-7-16(12)19-17(21)13(2)20(24(3,22)23)15-10-8-14(18)9-11-15/h4-11,13H,1-3H3,(H,19,21)/t13-/m1/s1. The topological polar surface area (TPSA) is 66.5 Å². The van der Waals surface area contributed by atoms with E-state index >= 15 is 0 Å². The first kappa shape index (κ1) is 17.9. The first-order valence-electron chi connectivity index (χ1n) is 7.31. The lowest BCUT2D eigenvalue weighted by Gasteiger charge is -2.28. The number of halogens is 1. The van der Waals surface area contributed by atoms with E-state index in [9.17, 15) is 17.6 Å². The second-order valence-electron chi connectivity index (χ2n) is 5.52. The molecular formula is C17H19FN2O3S. The van der Waals surface area contributed by atoms with Crippen molar-refractivity contribution in [2.45, 2.75) is 19.9 Å². The Kier molecular flexibility index (Phi) is 5.23. The normalized spacial score (nSPS) is 12.5. The molecule has 1 N–H and O–H groups in total. The van der Waals surface area contributed by atoms with Crippen LogP contribution in [0, 0.1) is 12.7 Å². The summed E-state index contributed by atoms with van der Waals surface area (Å²) in [7, 11) is -3.73. The van der Waals surface area contributed by atoms with Gasteiger partial charge in [-0.2, -0.15) is 0 Å². The average molecular weight is 350 g/mol. The monoisotopic (exact) mass is 350 g/mol. The van der Waals surface area contributed by atoms with Crippen LogP contribution in [0.25, 0.3) is 0 Å². The molecule has 0 heterocycles. The maximum absolute atomic E-state index is 13.1. The van der Waals surface area contributed by atoms with E-state index in [0.717, 1.165) is 28.3 Å². The number of amides is 1. The highest BCUT2D eigenvalue weighted by atomic mass is 32.2. The molecule has 0 spiro atoms. The number of carbonyl (C=O) groups excluding carboxylic acids is 1. The first-order valence-corrected chi connectivity index (χ1v) is 9.16. The maximum Gasteiger partial charge on any atom is 0.248 e. The summed E-state index contributed by atoms with van der Waals surface area (Å²) in [5, 5.41) is 2.72. The fourth-order valence-corrected chi connectivity index (χ4v) is 3.52. The van der Waals surface area contributed by atoms with E-state index in [1.54, 1.807) is 12.1 Å². The molecule has 0 fully saturated rings. The SMILES string of the molecule is Cc1ccccc1NC(=O)[C@@H](C)N(c1ccc(F)cc1)S(C)(=O)=O. The van der Waals surface area contributed by atoms with Gasteiger partial charge in [0.15, 0.2) is 0 Å². The minimum absolute atomic E-state index is 0.228. The minimum atomic E-state index is -3.73. The number of nitrogens with zero attached hydrogens (tertiary/aromatic N) is 1. The zero-order valence-electron chi connectivity index (χ0n) is 13.7. The highest BCUT2D eigenvalue weighted by Crippen LogP contribution is 2.22. The van der Waals surface area contributed by atoms with Crippen molar-refractivity contribution in [2.75, 3.05) is 15.9 Å². The van der Waals surface area contributed by atoms with E-state index in [4.69, 9.17) is 0 Å². The molecule has 0 saturated carbocycles. The van der Waals surface area contributed by atoms with E-state index in [0.29, 0.717) is 5.69 Å². The smallest absolute Gasteiger partial charge is 0.248 e. The summed E-state index contributed by atoms with van der Waals surface area (Å²) < 4.78 is 38.3. The largest absolute Gasteiger partial charge is 0.324 e. The molecule has 2 aromatic rings. The van der Waals surface area contributed by atoms with Crippen molar-refractivity contribution >= 4 is 27.3 Å². The fraction of sp³-hybridized carbons (Fsp3) is 0.235. The molecule has 0 saturated heterocycles. The summed E-state index contributed by atoms with van der Waals surface area (Å²) in [6, 6.07) is 11.2. The van der Waals surface area contributed by atoms with Gasteiger partial charge in [0, 0.05) is 5.69 Å². The van der Waals surface area contributed by atoms with Gasteiger partial charge in [0.05, 0.1) is 11.9 Å². The molecule has 7 heteroatoms. The van der Waals surface area contributed by atoms with E-state index in [2.05, 4.69) is 5.32 Å². The van der Waals surface area contributed by atoms with Crippen LogP contribution in [0.15, 0.2) is 48.5 Å². The van der Waals surface area contributed by atoms with Crippen molar-refractivity contribution in [3.63, 3.8) is 0 Å². The number of aryl methyl sites for hydroxylation is 1. The highest BCUT2D eigenvalue weighted by molar-refractivity contribution is 7.92. The van der Waals surface area contributed by atoms with Crippen LogP contribution in [0.4, 0.5) is 15.8 Å². The predicted molar refractivity (Wildman–Crippen MR) is 93.0 cm³/mol. The summed E-state index contributed by atoms with van der Waals surface area (Å²) in [5.41, 5.74) is 1.71. The Morgan fingerprint density at radius 1 is 1.12 bits per heavy atom. The van der Waals surface area contributed by atoms with Crippen LogP contribution in [-0.4, -0.2) is 26.6 Å². The molecule has 1 amide bonds. The Morgan fingerprint density at radius 3 is 2.25 bits per heavy atom. The van der Waals surface area contributed by atoms with Crippen LogP contribution in [0.5, 0.6) is 0 Å². The molecule has 5 nitrogen and oxygen atoms in total. The number of sulfonamides is 1. The van der Waals surface area contributed by atoms with Crippen LogP contribution in [0.1, 0.15) is 12.5 Å². The molecular weight excluding hydrogens is 331 g/mol. The summed E-state index contributed by atoms with van der Waals surface area (Å²) in [6.07, 6.45) is 1.01. The minimum Gasteiger partial charge on any atom is -0.324 e. The number of anilines is 2. The fourth-order valence-electron chi connectivity index (χ4n) is 2.35. The number of para-hydroxylation sites is 1. The number of hydrogen-bond donors (Lipinski definition) is 1. The van der Waals surface area contributed by atoms with Gasteiger partial charge in [-0.3, -0.25) is 9.10 Å². The Labute approximate surface area is 141 Å². The summed E-state index contributed by atoms with van der Waals surface area (Å²) >= 11 is 0. The third-order valence-corrected chi connectivity index (χ3v) is 4.81. The molecule has 1 atom stereocenters. The second kappa shape index (κ2) is 7.00. The van der Waals surface area contributed by atoms with Crippen molar-refractivity contribution in [3.05, 3.63) is 59.9 Å². The molecule has 0 aromatic heterocycles. The third kappa shape index (κ3) is 4.11. The van der Waals surface area contributed by atoms with Gasteiger partial charge >= 0.3 is 0 Å². The lowest BCUT2D eigenvalue weighted by atomic mass is 10.2. The Morgan fingerprint density at radius 2 is 1.71 bits per heavy atom. The summed E-state index contributed by atoms with van der Waals surface area (Å²) in [4.78, 5) is 12.5. The van der Waals surface area contributed by atoms with Gasteiger partial charge in [-0.15, -0.1) is 0 Å². The molecule has 2 rings (SSSR count). The molecule has 2 aromatic carbocycles. The van der Waals surface area contributed by atoms with E-state index in [1.807, 2.05) is 19.1 Å². The number of rotatable bonds is 5. The van der Waals surface area contributed by atoms with E-state index in [-0.39, 0.29) is 5.69 Å². The van der Waals surface area contributed by atoms with Gasteiger partial charge in [-0.25, -0.2) is 12.8 Å². The number of carbonyl (C=O) groups is 1. The Balaban J connectivity index is 2.31. The van der Waals surface area contributed by atoms with Crippen molar-refractivity contribution in [1.82, 2.24) is 0 Å². The van der Waals surface area contributed by atoms with Gasteiger partial charge in [0.25, 0.3) is 0 Å². The second-order valence-corrected chi connectivity index (χ2v) is 7.37. The Hall–Kier alpha value is -2.41. The number of benzene rings is 2. The number of nitrogens with one attached hydrogen (secondary N) is 1. The van der Waals surface area contributed by atoms with E-state index in [1.165, 1.54) is 19.1 Å². The third-order valence-electron chi connectivity index (χ3n) is 3.57. The number of hydrogen-bond acceptors (Lipinski definition) is 3. The molecule has 0 radical (unpaired) electrons. The zero-order valence-corrected chi connectivity index (χ0v) is 14.5. The Bertz CT molecular complexity index is 835. The molecule has 0 unspecified atom stereocenters. The summed E-state index contributed by atoms with van der Waals surface area (Å²) in [5.74, 6) is -0.955. The van der Waals surface area contributed by atoms with Crippen molar-refractivity contribution in [1.29, 1.82) is 0 Å². The van der Waals surface area contributed by atoms with Crippen LogP contribution < -0.4 is 9.62 Å². The van der Waals surface area contributed by atoms with Gasteiger partial charge < -0.3 is 5.32 Å². The predicted octanol–water partition coefficient (Wildman–Crippen LogP) is 2.93. The van der Waals surface area contributed by atoms with Crippen LogP contribution in [0.3, 0.4) is 0 Å². The van der Waals surface area contributed by atoms with Crippen molar-refractivity contribution in [3.8, 4) is 0 Å². The van der Waals surface area contributed by atoms with Crippen LogP contribution in [-0.2, 0) is 14.8 Å². The molecule has 0 bridgehead atoms. The van der Waals surface area contributed by atoms with Gasteiger partial charge in [-0.05, 0) is 49.7 Å². The van der Waals surface area contributed by atoms with E-state index < -0.39 is 27.8 Å². The molecule has 0 aliphatic rings. The molecule has 24 heavy (non-hydrogen) atoms. The van der Waals surface area contributed by atoms with Crippen LogP contribution in [0.2, 0.25) is 0 Å². The first-order chi connectivity index (χ1) is 11.2. The molecule has 0 aliphatic carbocycles. The average Bonchev–Trinajstić information content (AvgIpc) is 2.50. The van der Waals surface area contributed by atoms with Gasteiger partial charge in [0.1, 0.15) is 11.9 Å². The molecule has 0 aliphatic heterocycles. The quantitative estimate of drug-likeness (QED) is 0.902. The van der Waals surface area contributed by atoms with Gasteiger partial charge in [-0.1, -0.05) is 18.2 Å².